The summed E-state index contributed by atoms with van der Waals surface area (Å²) in [5.41, 5.74) is 5.77. The van der Waals surface area contributed by atoms with E-state index in [0.29, 0.717) is 18.7 Å². The van der Waals surface area contributed by atoms with Gasteiger partial charge in [-0.1, -0.05) is 12.1 Å². The highest BCUT2D eigenvalue weighted by molar-refractivity contribution is 7.90. The van der Waals surface area contributed by atoms with Crippen molar-refractivity contribution in [2.75, 3.05) is 13.1 Å². The number of sulfonamides is 1. The van der Waals surface area contributed by atoms with E-state index in [2.05, 4.69) is 15.0 Å². The molecule has 7 nitrogen and oxygen atoms in total. The Balaban J connectivity index is 0.00000220. The minimum Gasteiger partial charge on any atom is -0.353 e. The fourth-order valence-electron chi connectivity index (χ4n) is 1.83. The number of carbonyl (C=O) groups excluding carboxylic acids is 1. The fourth-order valence-corrected chi connectivity index (χ4v) is 3.06. The lowest BCUT2D eigenvalue weighted by Gasteiger charge is -2.08. The molecule has 1 aliphatic rings. The molecular weight excluding hydrogens is 316 g/mol. The molecule has 1 amide bonds. The minimum atomic E-state index is -3.58. The lowest BCUT2D eigenvalue weighted by atomic mass is 10.2. The molecule has 9 heteroatoms. The number of rotatable bonds is 4. The van der Waals surface area contributed by atoms with Crippen LogP contribution in [-0.2, 0) is 14.8 Å². The Morgan fingerprint density at radius 1 is 1.43 bits per heavy atom. The van der Waals surface area contributed by atoms with E-state index in [4.69, 9.17) is 5.73 Å². The number of hydrogen-bond acceptors (Lipinski definition) is 5. The summed E-state index contributed by atoms with van der Waals surface area (Å²) in [4.78, 5) is 16.0. The van der Waals surface area contributed by atoms with Gasteiger partial charge in [-0.2, -0.15) is 0 Å². The van der Waals surface area contributed by atoms with Crippen molar-refractivity contribution in [2.45, 2.75) is 17.9 Å². The molecule has 0 fully saturated rings. The van der Waals surface area contributed by atoms with Gasteiger partial charge in [-0.25, -0.2) is 8.42 Å². The van der Waals surface area contributed by atoms with Crippen LogP contribution in [0.4, 0.5) is 0 Å². The Bertz CT molecular complexity index is 660. The molecule has 0 spiro atoms. The Morgan fingerprint density at radius 2 is 2.10 bits per heavy atom. The Morgan fingerprint density at radius 3 is 2.76 bits per heavy atom. The molecule has 0 saturated heterocycles. The predicted molar refractivity (Wildman–Crippen MR) is 82.1 cm³/mol. The van der Waals surface area contributed by atoms with Crippen molar-refractivity contribution in [3.8, 4) is 0 Å². The Labute approximate surface area is 129 Å². The lowest BCUT2D eigenvalue weighted by molar-refractivity contribution is -0.121. The highest BCUT2D eigenvalue weighted by Crippen LogP contribution is 2.22. The van der Waals surface area contributed by atoms with Crippen molar-refractivity contribution in [2.24, 2.45) is 10.7 Å². The first kappa shape index (κ1) is 17.4. The van der Waals surface area contributed by atoms with Crippen molar-refractivity contribution in [1.82, 2.24) is 10.0 Å². The third-order valence-electron chi connectivity index (χ3n) is 2.81. The van der Waals surface area contributed by atoms with Crippen molar-refractivity contribution in [3.63, 3.8) is 0 Å². The summed E-state index contributed by atoms with van der Waals surface area (Å²) in [6, 6.07) is 5.80. The highest BCUT2D eigenvalue weighted by atomic mass is 35.5. The number of halogens is 1. The van der Waals surface area contributed by atoms with Crippen molar-refractivity contribution < 1.29 is 13.2 Å². The molecule has 0 aliphatic carbocycles. The molecule has 0 radical (unpaired) electrons. The van der Waals surface area contributed by atoms with E-state index in [1.54, 1.807) is 25.1 Å². The van der Waals surface area contributed by atoms with Crippen LogP contribution in [0.2, 0.25) is 0 Å². The van der Waals surface area contributed by atoms with Gasteiger partial charge in [0.25, 0.3) is 10.0 Å². The molecule has 0 saturated carbocycles. The van der Waals surface area contributed by atoms with Gasteiger partial charge in [0.2, 0.25) is 5.91 Å². The standard InChI is InChI=1S/C12H16N4O3S.ClH/c1-8(12(17)14-7-6-13)15-11-9-4-2-3-5-10(9)20(18,19)16-11;/h2-5,8H,6-7,13H2,1H3,(H,14,17)(H,15,16);1H. The number of aliphatic imine (C=N–C) groups is 1. The molecule has 21 heavy (non-hydrogen) atoms. The van der Waals surface area contributed by atoms with E-state index in [0.717, 1.165) is 0 Å². The van der Waals surface area contributed by atoms with Crippen LogP contribution < -0.4 is 15.8 Å². The van der Waals surface area contributed by atoms with Crippen LogP contribution in [-0.4, -0.2) is 39.3 Å². The number of benzene rings is 1. The van der Waals surface area contributed by atoms with Gasteiger partial charge in [0, 0.05) is 18.7 Å². The number of carbonyl (C=O) groups is 1. The quantitative estimate of drug-likeness (QED) is 0.696. The maximum absolute atomic E-state index is 11.9. The summed E-state index contributed by atoms with van der Waals surface area (Å²) in [7, 11) is -3.58. The first-order valence-electron chi connectivity index (χ1n) is 6.13. The third-order valence-corrected chi connectivity index (χ3v) is 4.21. The second kappa shape index (κ2) is 6.88. The molecule has 0 bridgehead atoms. The summed E-state index contributed by atoms with van der Waals surface area (Å²) in [5.74, 6) is -0.109. The van der Waals surface area contributed by atoms with E-state index in [-0.39, 0.29) is 29.0 Å². The average Bonchev–Trinajstić information content (AvgIpc) is 2.68. The fraction of sp³-hybridized carbons (Fsp3) is 0.333. The maximum atomic E-state index is 11.9. The lowest BCUT2D eigenvalue weighted by Crippen LogP contribution is -2.36. The van der Waals surface area contributed by atoms with E-state index in [1.165, 1.54) is 6.07 Å². The van der Waals surface area contributed by atoms with Crippen LogP contribution in [0.5, 0.6) is 0 Å². The molecule has 4 N–H and O–H groups in total. The van der Waals surface area contributed by atoms with Crippen LogP contribution >= 0.6 is 12.4 Å². The van der Waals surface area contributed by atoms with Gasteiger partial charge in [-0.3, -0.25) is 14.5 Å². The molecule has 0 aromatic heterocycles. The van der Waals surface area contributed by atoms with Gasteiger partial charge in [-0.15, -0.1) is 12.4 Å². The maximum Gasteiger partial charge on any atom is 0.263 e. The average molecular weight is 333 g/mol. The number of amidine groups is 1. The number of fused-ring (bicyclic) bond motifs is 1. The minimum absolute atomic E-state index is 0. The van der Waals surface area contributed by atoms with Crippen LogP contribution in [0.3, 0.4) is 0 Å². The number of hydrogen-bond donors (Lipinski definition) is 3. The summed E-state index contributed by atoms with van der Waals surface area (Å²) < 4.78 is 26.1. The van der Waals surface area contributed by atoms with Gasteiger partial charge >= 0.3 is 0 Å². The van der Waals surface area contributed by atoms with Gasteiger partial charge in [0.05, 0.1) is 4.90 Å². The molecule has 1 aromatic rings. The van der Waals surface area contributed by atoms with E-state index in [9.17, 15) is 13.2 Å². The molecule has 116 valence electrons. The number of amides is 1. The smallest absolute Gasteiger partial charge is 0.263 e. The Hall–Kier alpha value is -1.64. The van der Waals surface area contributed by atoms with Crippen LogP contribution in [0, 0.1) is 0 Å². The van der Waals surface area contributed by atoms with Gasteiger partial charge in [-0.05, 0) is 19.1 Å². The number of nitrogens with one attached hydrogen (secondary N) is 2. The van der Waals surface area contributed by atoms with E-state index in [1.807, 2.05) is 0 Å². The third kappa shape index (κ3) is 3.72. The van der Waals surface area contributed by atoms with Crippen LogP contribution in [0.1, 0.15) is 12.5 Å². The zero-order valence-electron chi connectivity index (χ0n) is 11.4. The molecule has 2 rings (SSSR count). The van der Waals surface area contributed by atoms with Gasteiger partial charge in [0.15, 0.2) is 0 Å². The summed E-state index contributed by atoms with van der Waals surface area (Å²) in [5, 5.41) is 2.60. The number of nitrogens with two attached hydrogens (primary N) is 1. The topological polar surface area (TPSA) is 114 Å². The second-order valence-electron chi connectivity index (χ2n) is 4.34. The van der Waals surface area contributed by atoms with Crippen molar-refractivity contribution >= 4 is 34.2 Å². The zero-order valence-corrected chi connectivity index (χ0v) is 13.0. The van der Waals surface area contributed by atoms with Gasteiger partial charge in [0.1, 0.15) is 11.9 Å². The molecule has 1 heterocycles. The summed E-state index contributed by atoms with van der Waals surface area (Å²) >= 11 is 0. The SMILES string of the molecule is CC(N=C1NS(=O)(=O)c2ccccc21)C(=O)NCCN.Cl. The zero-order chi connectivity index (χ0) is 14.8. The molecule has 1 atom stereocenters. The van der Waals surface area contributed by atoms with E-state index < -0.39 is 16.1 Å². The predicted octanol–water partition coefficient (Wildman–Crippen LogP) is -0.390. The highest BCUT2D eigenvalue weighted by Gasteiger charge is 2.30. The molecular formula is C12H17ClN4O3S. The monoisotopic (exact) mass is 332 g/mol. The molecule has 1 unspecified atom stereocenters. The first-order chi connectivity index (χ1) is 9.45. The van der Waals surface area contributed by atoms with Crippen molar-refractivity contribution in [1.29, 1.82) is 0 Å². The van der Waals surface area contributed by atoms with E-state index >= 15 is 0 Å². The normalized spacial score (nSPS) is 18.3. The molecule has 1 aromatic carbocycles. The largest absolute Gasteiger partial charge is 0.353 e. The van der Waals surface area contributed by atoms with Crippen LogP contribution in [0.15, 0.2) is 34.2 Å². The van der Waals surface area contributed by atoms with Crippen LogP contribution in [0.25, 0.3) is 0 Å². The van der Waals surface area contributed by atoms with Crippen molar-refractivity contribution in [3.05, 3.63) is 29.8 Å². The Kier molecular flexibility index (Phi) is 5.70. The van der Waals surface area contributed by atoms with Gasteiger partial charge < -0.3 is 11.1 Å². The summed E-state index contributed by atoms with van der Waals surface area (Å²) in [6.07, 6.45) is 0. The molecule has 1 aliphatic heterocycles. The number of nitrogens with zero attached hydrogens (tertiary/aromatic N) is 1. The second-order valence-corrected chi connectivity index (χ2v) is 5.99. The summed E-state index contributed by atoms with van der Waals surface area (Å²) in [6.45, 7) is 2.29. The first-order valence-corrected chi connectivity index (χ1v) is 7.62.